The van der Waals surface area contributed by atoms with E-state index in [1.54, 1.807) is 11.0 Å². The number of rotatable bonds is 8. The van der Waals surface area contributed by atoms with Crippen molar-refractivity contribution in [2.75, 3.05) is 19.6 Å². The summed E-state index contributed by atoms with van der Waals surface area (Å²) in [6, 6.07) is 7.27. The lowest BCUT2D eigenvalue weighted by Crippen LogP contribution is -2.40. The highest BCUT2D eigenvalue weighted by atomic mass is 35.5. The van der Waals surface area contributed by atoms with E-state index in [-0.39, 0.29) is 19.0 Å². The lowest BCUT2D eigenvalue weighted by molar-refractivity contribution is -0.138. The monoisotopic (exact) mass is 298 g/mol. The van der Waals surface area contributed by atoms with Gasteiger partial charge in [0.25, 0.3) is 0 Å². The van der Waals surface area contributed by atoms with E-state index in [0.717, 1.165) is 12.0 Å². The van der Waals surface area contributed by atoms with E-state index in [4.69, 9.17) is 16.7 Å². The second kappa shape index (κ2) is 8.55. The molecule has 0 aliphatic carbocycles. The number of amides is 1. The van der Waals surface area contributed by atoms with Crippen LogP contribution in [0.4, 0.5) is 0 Å². The average molecular weight is 299 g/mol. The molecule has 0 heterocycles. The maximum Gasteiger partial charge on any atom is 0.317 e. The van der Waals surface area contributed by atoms with Crippen LogP contribution in [0.25, 0.3) is 0 Å². The van der Waals surface area contributed by atoms with Gasteiger partial charge in [0.1, 0.15) is 0 Å². The molecule has 0 fully saturated rings. The number of halogens is 1. The van der Waals surface area contributed by atoms with Gasteiger partial charge in [-0.15, -0.1) is 0 Å². The maximum absolute atomic E-state index is 11.8. The zero-order valence-corrected chi connectivity index (χ0v) is 12.2. The molecule has 1 amide bonds. The van der Waals surface area contributed by atoms with Crippen LogP contribution in [-0.2, 0) is 16.1 Å². The Bertz CT molecular complexity index is 465. The van der Waals surface area contributed by atoms with Crippen LogP contribution in [0, 0.1) is 0 Å². The molecule has 0 bridgehead atoms. The maximum atomic E-state index is 11.8. The minimum atomic E-state index is -0.933. The first kappa shape index (κ1) is 16.5. The topological polar surface area (TPSA) is 69.6 Å². The van der Waals surface area contributed by atoms with E-state index in [9.17, 15) is 9.59 Å². The van der Waals surface area contributed by atoms with E-state index in [1.165, 1.54) is 0 Å². The molecule has 6 heteroatoms. The molecule has 0 saturated heterocycles. The number of carboxylic acids is 1. The number of nitrogens with one attached hydrogen (secondary N) is 1. The van der Waals surface area contributed by atoms with Crippen molar-refractivity contribution in [1.29, 1.82) is 0 Å². The Balaban J connectivity index is 2.45. The highest BCUT2D eigenvalue weighted by molar-refractivity contribution is 6.31. The Kier molecular flexibility index (Phi) is 7.04. The molecule has 0 aliphatic heterocycles. The second-order valence-electron chi connectivity index (χ2n) is 4.47. The van der Waals surface area contributed by atoms with E-state index < -0.39 is 5.97 Å². The quantitative estimate of drug-likeness (QED) is 0.767. The molecule has 0 aliphatic rings. The minimum Gasteiger partial charge on any atom is -0.480 e. The normalized spacial score (nSPS) is 10.6. The molecule has 1 aromatic rings. The van der Waals surface area contributed by atoms with Gasteiger partial charge in [-0.05, 0) is 24.6 Å². The SMILES string of the molecule is CCCN(CC(=O)O)CC(=O)NCc1ccccc1Cl. The minimum absolute atomic E-state index is 0.0740. The van der Waals surface area contributed by atoms with Crippen LogP contribution in [-0.4, -0.2) is 41.5 Å². The van der Waals surface area contributed by atoms with Gasteiger partial charge in [-0.3, -0.25) is 14.5 Å². The van der Waals surface area contributed by atoms with Crippen LogP contribution in [0.5, 0.6) is 0 Å². The Hall–Kier alpha value is -1.59. The van der Waals surface area contributed by atoms with Gasteiger partial charge < -0.3 is 10.4 Å². The Labute approximate surface area is 123 Å². The van der Waals surface area contributed by atoms with Gasteiger partial charge in [0, 0.05) is 11.6 Å². The van der Waals surface area contributed by atoms with Crippen LogP contribution in [0.15, 0.2) is 24.3 Å². The van der Waals surface area contributed by atoms with Gasteiger partial charge in [0.15, 0.2) is 0 Å². The van der Waals surface area contributed by atoms with Gasteiger partial charge in [0.05, 0.1) is 13.1 Å². The van der Waals surface area contributed by atoms with Crippen molar-refractivity contribution < 1.29 is 14.7 Å². The molecular weight excluding hydrogens is 280 g/mol. The molecule has 0 saturated carbocycles. The molecule has 5 nitrogen and oxygen atoms in total. The molecule has 20 heavy (non-hydrogen) atoms. The summed E-state index contributed by atoms with van der Waals surface area (Å²) in [4.78, 5) is 24.1. The molecule has 0 aromatic heterocycles. The number of hydrogen-bond acceptors (Lipinski definition) is 3. The summed E-state index contributed by atoms with van der Waals surface area (Å²) in [5.74, 6) is -1.14. The highest BCUT2D eigenvalue weighted by Crippen LogP contribution is 2.14. The zero-order valence-electron chi connectivity index (χ0n) is 11.4. The number of carbonyl (C=O) groups excluding carboxylic acids is 1. The van der Waals surface area contributed by atoms with Crippen molar-refractivity contribution in [2.24, 2.45) is 0 Å². The van der Waals surface area contributed by atoms with Crippen LogP contribution >= 0.6 is 11.6 Å². The third-order valence-corrected chi connectivity index (χ3v) is 3.07. The summed E-state index contributed by atoms with van der Waals surface area (Å²) in [6.45, 7) is 2.80. The van der Waals surface area contributed by atoms with Crippen molar-refractivity contribution in [3.05, 3.63) is 34.9 Å². The van der Waals surface area contributed by atoms with Gasteiger partial charge in [-0.2, -0.15) is 0 Å². The van der Waals surface area contributed by atoms with Crippen LogP contribution in [0.1, 0.15) is 18.9 Å². The smallest absolute Gasteiger partial charge is 0.317 e. The number of carbonyl (C=O) groups is 2. The third kappa shape index (κ3) is 6.04. The molecule has 0 spiro atoms. The summed E-state index contributed by atoms with van der Waals surface area (Å²) in [5.41, 5.74) is 0.836. The molecule has 2 N–H and O–H groups in total. The van der Waals surface area contributed by atoms with Crippen molar-refractivity contribution in [3.63, 3.8) is 0 Å². The Morgan fingerprint density at radius 2 is 2.00 bits per heavy atom. The lowest BCUT2D eigenvalue weighted by Gasteiger charge is -2.18. The molecule has 0 radical (unpaired) electrons. The average Bonchev–Trinajstić information content (AvgIpc) is 2.37. The first-order valence-corrected chi connectivity index (χ1v) is 6.85. The molecular formula is C14H19ClN2O3. The summed E-state index contributed by atoms with van der Waals surface area (Å²) in [5, 5.41) is 12.1. The number of nitrogens with zero attached hydrogens (tertiary/aromatic N) is 1. The van der Waals surface area contributed by atoms with Gasteiger partial charge in [0.2, 0.25) is 5.91 Å². The zero-order chi connectivity index (χ0) is 15.0. The number of aliphatic carboxylic acids is 1. The molecule has 1 aromatic carbocycles. The van der Waals surface area contributed by atoms with Gasteiger partial charge >= 0.3 is 5.97 Å². The molecule has 0 unspecified atom stereocenters. The predicted octanol–water partition coefficient (Wildman–Crippen LogP) is 1.75. The largest absolute Gasteiger partial charge is 0.480 e. The van der Waals surface area contributed by atoms with Gasteiger partial charge in [-0.1, -0.05) is 36.7 Å². The van der Waals surface area contributed by atoms with Crippen LogP contribution in [0.3, 0.4) is 0 Å². The second-order valence-corrected chi connectivity index (χ2v) is 4.88. The van der Waals surface area contributed by atoms with Crippen LogP contribution in [0.2, 0.25) is 5.02 Å². The standard InChI is InChI=1S/C14H19ClN2O3/c1-2-7-17(10-14(19)20)9-13(18)16-8-11-5-3-4-6-12(11)15/h3-6H,2,7-10H2,1H3,(H,16,18)(H,19,20). The fraction of sp³-hybridized carbons (Fsp3) is 0.429. The third-order valence-electron chi connectivity index (χ3n) is 2.70. The summed E-state index contributed by atoms with van der Waals surface area (Å²) in [6.07, 6.45) is 0.797. The van der Waals surface area contributed by atoms with Gasteiger partial charge in [-0.25, -0.2) is 0 Å². The number of hydrogen-bond donors (Lipinski definition) is 2. The van der Waals surface area contributed by atoms with Crippen molar-refractivity contribution >= 4 is 23.5 Å². The Morgan fingerprint density at radius 1 is 1.30 bits per heavy atom. The van der Waals surface area contributed by atoms with Crippen LogP contribution < -0.4 is 5.32 Å². The van der Waals surface area contributed by atoms with E-state index >= 15 is 0 Å². The molecule has 110 valence electrons. The lowest BCUT2D eigenvalue weighted by atomic mass is 10.2. The fourth-order valence-corrected chi connectivity index (χ4v) is 2.02. The van der Waals surface area contributed by atoms with E-state index in [0.29, 0.717) is 18.1 Å². The summed E-state index contributed by atoms with van der Waals surface area (Å²) in [7, 11) is 0. The predicted molar refractivity (Wildman–Crippen MR) is 77.7 cm³/mol. The van der Waals surface area contributed by atoms with E-state index in [1.807, 2.05) is 25.1 Å². The summed E-state index contributed by atoms with van der Waals surface area (Å²) >= 11 is 5.99. The number of benzene rings is 1. The van der Waals surface area contributed by atoms with Crippen molar-refractivity contribution in [3.8, 4) is 0 Å². The highest BCUT2D eigenvalue weighted by Gasteiger charge is 2.13. The Morgan fingerprint density at radius 3 is 2.60 bits per heavy atom. The molecule has 1 rings (SSSR count). The first-order chi connectivity index (χ1) is 9.52. The van der Waals surface area contributed by atoms with Crippen molar-refractivity contribution in [1.82, 2.24) is 10.2 Å². The number of carboxylic acid groups (broad SMARTS) is 1. The van der Waals surface area contributed by atoms with Crippen molar-refractivity contribution in [2.45, 2.75) is 19.9 Å². The molecule has 0 atom stereocenters. The first-order valence-electron chi connectivity index (χ1n) is 6.47. The van der Waals surface area contributed by atoms with E-state index in [2.05, 4.69) is 5.32 Å². The fourth-order valence-electron chi connectivity index (χ4n) is 1.82. The summed E-state index contributed by atoms with van der Waals surface area (Å²) < 4.78 is 0.